The summed E-state index contributed by atoms with van der Waals surface area (Å²) in [5, 5.41) is 2.05. The molecule has 0 unspecified atom stereocenters. The number of nitrogens with zero attached hydrogens (tertiary/aromatic N) is 3. The first-order valence-electron chi connectivity index (χ1n) is 14.6. The summed E-state index contributed by atoms with van der Waals surface area (Å²) < 4.78 is 6.33. The van der Waals surface area contributed by atoms with Gasteiger partial charge in [0, 0.05) is 43.4 Å². The van der Waals surface area contributed by atoms with E-state index in [-0.39, 0.29) is 20.1 Å². The minimum absolute atomic E-state index is 0. The summed E-state index contributed by atoms with van der Waals surface area (Å²) in [6.07, 6.45) is 3.73. The number of hydrogen-bond acceptors (Lipinski definition) is 4. The number of rotatable bonds is 4. The van der Waals surface area contributed by atoms with E-state index in [0.717, 1.165) is 44.6 Å². The molecule has 1 radical (unpaired) electrons. The zero-order valence-corrected chi connectivity index (χ0v) is 27.9. The van der Waals surface area contributed by atoms with Gasteiger partial charge in [-0.25, -0.2) is 4.98 Å². The molecule has 44 heavy (non-hydrogen) atoms. The van der Waals surface area contributed by atoms with Gasteiger partial charge in [0.1, 0.15) is 0 Å². The van der Waals surface area contributed by atoms with Crippen LogP contribution in [0.15, 0.2) is 108 Å². The Morgan fingerprint density at radius 3 is 2.18 bits per heavy atom. The van der Waals surface area contributed by atoms with Gasteiger partial charge in [-0.2, -0.15) is 0 Å². The van der Waals surface area contributed by atoms with Crippen LogP contribution in [0.25, 0.3) is 55.8 Å². The molecular weight excluding hydrogens is 719 g/mol. The Labute approximate surface area is 272 Å². The van der Waals surface area contributed by atoms with Gasteiger partial charge in [-0.3, -0.25) is 0 Å². The molecule has 0 N–H and O–H groups in total. The molecule has 7 aromatic rings. The third-order valence-electron chi connectivity index (χ3n) is 7.71. The number of furan rings is 1. The predicted octanol–water partition coefficient (Wildman–Crippen LogP) is 10.1. The standard InChI is InChI=1S/C28H25N2O.C11H8N.Ir/c1-16(2)23-14-25(29-15-19(23)5)22-11-7-10-20-21-12-13-24(30-28(21)31-27(20)22)26-17(3)8-6-9-18(26)4;1-2-6-10(7-3-1)11-8-4-5-9-12-11;/h6-10,12-16H,1-5H3;1-6,8-9H;/q2*-1;. The molecule has 3 aromatic carbocycles. The van der Waals surface area contributed by atoms with Gasteiger partial charge in [0.15, 0.2) is 0 Å². The maximum Gasteiger partial charge on any atom is 0.216 e. The molecule has 0 aliphatic carbocycles. The molecule has 0 saturated carbocycles. The molecule has 0 amide bonds. The number of aryl methyl sites for hydroxylation is 3. The average molecular weight is 752 g/mol. The maximum atomic E-state index is 6.33. The molecule has 4 aromatic heterocycles. The minimum atomic E-state index is 0. The number of benzene rings is 3. The van der Waals surface area contributed by atoms with Crippen LogP contribution in [0.1, 0.15) is 42.0 Å². The third-order valence-corrected chi connectivity index (χ3v) is 7.71. The number of hydrogen-bond donors (Lipinski definition) is 0. The molecule has 7 rings (SSSR count). The Morgan fingerprint density at radius 1 is 0.682 bits per heavy atom. The first-order valence-corrected chi connectivity index (χ1v) is 14.6. The molecule has 0 atom stereocenters. The monoisotopic (exact) mass is 752 g/mol. The minimum Gasteiger partial charge on any atom is -0.486 e. The molecule has 0 saturated heterocycles. The summed E-state index contributed by atoms with van der Waals surface area (Å²) in [5.41, 5.74) is 12.2. The van der Waals surface area contributed by atoms with Gasteiger partial charge in [0.2, 0.25) is 5.71 Å². The van der Waals surface area contributed by atoms with Crippen molar-refractivity contribution in [3.63, 3.8) is 0 Å². The molecule has 4 nitrogen and oxygen atoms in total. The van der Waals surface area contributed by atoms with Gasteiger partial charge in [-0.15, -0.1) is 54.1 Å². The van der Waals surface area contributed by atoms with Gasteiger partial charge >= 0.3 is 0 Å². The van der Waals surface area contributed by atoms with E-state index in [4.69, 9.17) is 9.40 Å². The Morgan fingerprint density at radius 2 is 1.48 bits per heavy atom. The quantitative estimate of drug-likeness (QED) is 0.168. The van der Waals surface area contributed by atoms with E-state index in [1.165, 1.54) is 27.8 Å². The fourth-order valence-corrected chi connectivity index (χ4v) is 5.54. The van der Waals surface area contributed by atoms with Crippen molar-refractivity contribution in [2.45, 2.75) is 40.5 Å². The molecule has 0 aliphatic rings. The molecule has 0 fully saturated rings. The van der Waals surface area contributed by atoms with Crippen molar-refractivity contribution in [2.75, 3.05) is 0 Å². The van der Waals surface area contributed by atoms with Gasteiger partial charge < -0.3 is 14.4 Å². The largest absolute Gasteiger partial charge is 0.486 e. The molecular formula is C39H33IrN3O-2. The zero-order valence-electron chi connectivity index (χ0n) is 25.5. The van der Waals surface area contributed by atoms with Crippen LogP contribution in [0.3, 0.4) is 0 Å². The second kappa shape index (κ2) is 13.5. The van der Waals surface area contributed by atoms with Gasteiger partial charge in [-0.05, 0) is 78.5 Å². The van der Waals surface area contributed by atoms with E-state index in [1.54, 1.807) is 6.20 Å². The van der Waals surface area contributed by atoms with Crippen molar-refractivity contribution < 1.29 is 24.5 Å². The molecule has 4 heterocycles. The summed E-state index contributed by atoms with van der Waals surface area (Å²) >= 11 is 0. The van der Waals surface area contributed by atoms with Crippen LogP contribution in [-0.2, 0) is 20.1 Å². The second-order valence-electron chi connectivity index (χ2n) is 11.1. The van der Waals surface area contributed by atoms with Crippen LogP contribution in [0.5, 0.6) is 0 Å². The average Bonchev–Trinajstić information content (AvgIpc) is 3.40. The van der Waals surface area contributed by atoms with E-state index in [9.17, 15) is 0 Å². The molecule has 5 heteroatoms. The Bertz CT molecular complexity index is 1970. The van der Waals surface area contributed by atoms with E-state index < -0.39 is 0 Å². The Kier molecular flexibility index (Phi) is 9.49. The fourth-order valence-electron chi connectivity index (χ4n) is 5.54. The fraction of sp³-hybridized carbons (Fsp3) is 0.154. The third kappa shape index (κ3) is 6.26. The van der Waals surface area contributed by atoms with E-state index in [1.807, 2.05) is 60.8 Å². The van der Waals surface area contributed by atoms with Crippen molar-refractivity contribution in [2.24, 2.45) is 0 Å². The molecule has 0 aliphatic heterocycles. The molecule has 0 bridgehead atoms. The summed E-state index contributed by atoms with van der Waals surface area (Å²) in [4.78, 5) is 13.8. The summed E-state index contributed by atoms with van der Waals surface area (Å²) in [6, 6.07) is 36.8. The normalized spacial score (nSPS) is 10.9. The van der Waals surface area contributed by atoms with Crippen molar-refractivity contribution in [3.8, 4) is 33.8 Å². The number of pyridine rings is 3. The Balaban J connectivity index is 0.000000248. The van der Waals surface area contributed by atoms with Crippen LogP contribution in [-0.4, -0.2) is 15.0 Å². The molecule has 221 valence electrons. The smallest absolute Gasteiger partial charge is 0.216 e. The second-order valence-corrected chi connectivity index (χ2v) is 11.1. The molecule has 0 spiro atoms. The van der Waals surface area contributed by atoms with Crippen LogP contribution in [0.2, 0.25) is 0 Å². The number of aromatic nitrogens is 3. The van der Waals surface area contributed by atoms with E-state index >= 15 is 0 Å². The summed E-state index contributed by atoms with van der Waals surface area (Å²) in [5.74, 6) is 0.429. The van der Waals surface area contributed by atoms with E-state index in [0.29, 0.717) is 11.6 Å². The SMILES string of the molecule is Cc1cnc(-c2[c-]ccc3c2oc2nc(-c4c(C)cccc4C)ccc23)cc1C(C)C.[Ir].[c-]1ccccc1-c1ccccn1. The number of fused-ring (bicyclic) bond motifs is 3. The van der Waals surface area contributed by atoms with Crippen molar-refractivity contribution in [3.05, 3.63) is 138 Å². The summed E-state index contributed by atoms with van der Waals surface area (Å²) in [7, 11) is 0. The van der Waals surface area contributed by atoms with Gasteiger partial charge in [0.05, 0.1) is 11.3 Å². The van der Waals surface area contributed by atoms with Crippen molar-refractivity contribution in [1.82, 2.24) is 15.0 Å². The van der Waals surface area contributed by atoms with Crippen molar-refractivity contribution >= 4 is 22.1 Å². The maximum absolute atomic E-state index is 6.33. The van der Waals surface area contributed by atoms with E-state index in [2.05, 4.69) is 93.1 Å². The Hall–Kier alpha value is -4.44. The van der Waals surface area contributed by atoms with Crippen LogP contribution in [0.4, 0.5) is 0 Å². The van der Waals surface area contributed by atoms with Crippen molar-refractivity contribution in [1.29, 1.82) is 0 Å². The first kappa shape index (κ1) is 31.0. The topological polar surface area (TPSA) is 51.8 Å². The van der Waals surface area contributed by atoms with Gasteiger partial charge in [0.25, 0.3) is 0 Å². The zero-order chi connectivity index (χ0) is 29.9. The van der Waals surface area contributed by atoms with Crippen LogP contribution >= 0.6 is 0 Å². The van der Waals surface area contributed by atoms with Crippen LogP contribution in [0, 0.1) is 32.9 Å². The predicted molar refractivity (Wildman–Crippen MR) is 176 cm³/mol. The first-order chi connectivity index (χ1) is 20.9. The van der Waals surface area contributed by atoms with Gasteiger partial charge in [-0.1, -0.05) is 61.2 Å². The van der Waals surface area contributed by atoms with Crippen LogP contribution < -0.4 is 0 Å². The summed E-state index contributed by atoms with van der Waals surface area (Å²) in [6.45, 7) is 10.8.